The zero-order valence-electron chi connectivity index (χ0n) is 12.5. The van der Waals surface area contributed by atoms with Crippen molar-refractivity contribution in [2.45, 2.75) is 12.6 Å². The van der Waals surface area contributed by atoms with Crippen molar-refractivity contribution in [2.75, 3.05) is 18.1 Å². The second-order valence-electron chi connectivity index (χ2n) is 5.35. The number of pyridine rings is 1. The van der Waals surface area contributed by atoms with E-state index in [1.165, 1.54) is 0 Å². The molecule has 0 bridgehead atoms. The lowest BCUT2D eigenvalue weighted by atomic mass is 10.2. The zero-order chi connectivity index (χ0) is 15.5. The Morgan fingerprint density at radius 2 is 1.96 bits per heavy atom. The monoisotopic (exact) mass is 308 g/mol. The van der Waals surface area contributed by atoms with Crippen LogP contribution in [0.15, 0.2) is 55.4 Å². The van der Waals surface area contributed by atoms with Gasteiger partial charge in [0.25, 0.3) is 0 Å². The highest BCUT2D eigenvalue weighted by atomic mass is 16.5. The largest absolute Gasteiger partial charge is 0.475 e. The van der Waals surface area contributed by atoms with Crippen LogP contribution in [0.25, 0.3) is 0 Å². The van der Waals surface area contributed by atoms with Crippen molar-refractivity contribution in [1.82, 2.24) is 24.5 Å². The smallest absolute Gasteiger partial charge is 0.225 e. The summed E-state index contributed by atoms with van der Waals surface area (Å²) in [5, 5.41) is 0. The van der Waals surface area contributed by atoms with E-state index in [2.05, 4.69) is 29.4 Å². The Morgan fingerprint density at radius 1 is 1.09 bits per heavy atom. The highest BCUT2D eigenvalue weighted by Gasteiger charge is 2.27. The normalized spacial score (nSPS) is 16.9. The van der Waals surface area contributed by atoms with Gasteiger partial charge in [0.1, 0.15) is 6.61 Å². The molecule has 0 spiro atoms. The molecule has 1 aliphatic rings. The van der Waals surface area contributed by atoms with Gasteiger partial charge in [-0.25, -0.2) is 19.9 Å². The minimum Gasteiger partial charge on any atom is -0.475 e. The van der Waals surface area contributed by atoms with Crippen LogP contribution in [0.5, 0.6) is 5.88 Å². The molecule has 0 fully saturated rings. The number of imidazole rings is 1. The van der Waals surface area contributed by atoms with Gasteiger partial charge in [-0.2, -0.15) is 0 Å². The van der Waals surface area contributed by atoms with Crippen molar-refractivity contribution in [2.24, 2.45) is 0 Å². The summed E-state index contributed by atoms with van der Waals surface area (Å²) in [6.45, 7) is 2.02. The summed E-state index contributed by atoms with van der Waals surface area (Å²) in [6, 6.07) is 7.59. The maximum Gasteiger partial charge on any atom is 0.225 e. The number of hydrogen-bond donors (Lipinski definition) is 0. The number of ether oxygens (including phenoxy) is 1. The zero-order valence-corrected chi connectivity index (χ0v) is 12.5. The molecule has 0 N–H and O–H groups in total. The molecule has 0 unspecified atom stereocenters. The van der Waals surface area contributed by atoms with Crippen LogP contribution in [0.4, 0.5) is 5.95 Å². The average molecular weight is 308 g/mol. The quantitative estimate of drug-likeness (QED) is 0.731. The number of nitrogens with zero attached hydrogens (tertiary/aromatic N) is 6. The van der Waals surface area contributed by atoms with E-state index < -0.39 is 0 Å². The fraction of sp³-hybridized carbons (Fsp3) is 0.250. The first-order valence-electron chi connectivity index (χ1n) is 7.46. The van der Waals surface area contributed by atoms with Gasteiger partial charge < -0.3 is 14.2 Å². The second-order valence-corrected chi connectivity index (χ2v) is 5.35. The van der Waals surface area contributed by atoms with E-state index in [4.69, 9.17) is 4.74 Å². The van der Waals surface area contributed by atoms with E-state index in [0.29, 0.717) is 12.5 Å². The second kappa shape index (κ2) is 6.04. The average Bonchev–Trinajstić information content (AvgIpc) is 3.10. The minimum atomic E-state index is 0.132. The molecule has 3 aromatic heterocycles. The minimum absolute atomic E-state index is 0.132. The Morgan fingerprint density at radius 3 is 2.78 bits per heavy atom. The summed E-state index contributed by atoms with van der Waals surface area (Å²) in [4.78, 5) is 19.3. The molecule has 116 valence electrons. The van der Waals surface area contributed by atoms with Gasteiger partial charge in [0.15, 0.2) is 0 Å². The third-order valence-corrected chi connectivity index (χ3v) is 3.82. The standard InChI is InChI=1S/C16H16N6O/c1-2-5-18-15(4-1)23-11-14-10-21(16-19-6-3-7-20-16)9-13-8-17-12-22(13)14/h1-8,12,14H,9-11H2/t14-/m1/s1. The molecule has 0 aliphatic carbocycles. The van der Waals surface area contributed by atoms with Gasteiger partial charge in [0, 0.05) is 37.4 Å². The molecule has 0 aromatic carbocycles. The van der Waals surface area contributed by atoms with Crippen molar-refractivity contribution < 1.29 is 4.74 Å². The number of aromatic nitrogens is 5. The Hall–Kier alpha value is -2.96. The first-order valence-corrected chi connectivity index (χ1v) is 7.46. The molecule has 23 heavy (non-hydrogen) atoms. The predicted molar refractivity (Wildman–Crippen MR) is 84.1 cm³/mol. The first-order chi connectivity index (χ1) is 11.4. The van der Waals surface area contributed by atoms with Gasteiger partial charge in [-0.05, 0) is 12.1 Å². The van der Waals surface area contributed by atoms with Gasteiger partial charge in [-0.1, -0.05) is 6.07 Å². The van der Waals surface area contributed by atoms with E-state index in [1.54, 1.807) is 18.6 Å². The lowest BCUT2D eigenvalue weighted by molar-refractivity contribution is 0.232. The molecule has 0 amide bonds. The lowest BCUT2D eigenvalue weighted by Gasteiger charge is -2.34. The Labute approximate surface area is 133 Å². The number of rotatable bonds is 4. The highest BCUT2D eigenvalue weighted by molar-refractivity contribution is 5.32. The predicted octanol–water partition coefficient (Wildman–Crippen LogP) is 1.71. The molecule has 0 radical (unpaired) electrons. The maximum absolute atomic E-state index is 5.83. The Balaban J connectivity index is 1.54. The maximum atomic E-state index is 5.83. The third-order valence-electron chi connectivity index (χ3n) is 3.82. The van der Waals surface area contributed by atoms with E-state index in [1.807, 2.05) is 36.8 Å². The van der Waals surface area contributed by atoms with Gasteiger partial charge >= 0.3 is 0 Å². The van der Waals surface area contributed by atoms with Gasteiger partial charge in [0.2, 0.25) is 11.8 Å². The topological polar surface area (TPSA) is 69.0 Å². The molecule has 4 rings (SSSR count). The van der Waals surface area contributed by atoms with Crippen LogP contribution in [0.2, 0.25) is 0 Å². The van der Waals surface area contributed by atoms with Crippen LogP contribution in [0, 0.1) is 0 Å². The van der Waals surface area contributed by atoms with Crippen molar-refractivity contribution in [3.8, 4) is 5.88 Å². The summed E-state index contributed by atoms with van der Waals surface area (Å²) in [6.07, 6.45) is 8.97. The third kappa shape index (κ3) is 2.85. The summed E-state index contributed by atoms with van der Waals surface area (Å²) < 4.78 is 7.98. The first kappa shape index (κ1) is 13.7. The van der Waals surface area contributed by atoms with E-state index >= 15 is 0 Å². The molecule has 0 saturated heterocycles. The van der Waals surface area contributed by atoms with E-state index in [0.717, 1.165) is 24.7 Å². The van der Waals surface area contributed by atoms with Crippen LogP contribution in [-0.4, -0.2) is 37.7 Å². The van der Waals surface area contributed by atoms with Crippen molar-refractivity contribution >= 4 is 5.95 Å². The molecule has 3 aromatic rings. The van der Waals surface area contributed by atoms with Crippen LogP contribution < -0.4 is 9.64 Å². The Kier molecular flexibility index (Phi) is 3.59. The lowest BCUT2D eigenvalue weighted by Crippen LogP contribution is -2.40. The molecule has 7 heteroatoms. The molecule has 7 nitrogen and oxygen atoms in total. The molecule has 4 heterocycles. The summed E-state index contributed by atoms with van der Waals surface area (Å²) in [7, 11) is 0. The van der Waals surface area contributed by atoms with Crippen LogP contribution in [-0.2, 0) is 6.54 Å². The number of anilines is 1. The van der Waals surface area contributed by atoms with Crippen molar-refractivity contribution in [3.63, 3.8) is 0 Å². The molecule has 1 aliphatic heterocycles. The van der Waals surface area contributed by atoms with Gasteiger partial charge in [0.05, 0.1) is 24.6 Å². The highest BCUT2D eigenvalue weighted by Crippen LogP contribution is 2.24. The van der Waals surface area contributed by atoms with Crippen molar-refractivity contribution in [3.05, 3.63) is 61.1 Å². The van der Waals surface area contributed by atoms with E-state index in [-0.39, 0.29) is 6.04 Å². The van der Waals surface area contributed by atoms with Gasteiger partial charge in [-0.15, -0.1) is 0 Å². The van der Waals surface area contributed by atoms with Gasteiger partial charge in [-0.3, -0.25) is 0 Å². The fourth-order valence-electron chi connectivity index (χ4n) is 2.74. The van der Waals surface area contributed by atoms with E-state index in [9.17, 15) is 0 Å². The van der Waals surface area contributed by atoms with Crippen LogP contribution >= 0.6 is 0 Å². The summed E-state index contributed by atoms with van der Waals surface area (Å²) >= 11 is 0. The summed E-state index contributed by atoms with van der Waals surface area (Å²) in [5.74, 6) is 1.35. The molecular weight excluding hydrogens is 292 g/mol. The molecule has 1 atom stereocenters. The summed E-state index contributed by atoms with van der Waals surface area (Å²) in [5.41, 5.74) is 1.12. The molecular formula is C16H16N6O. The Bertz CT molecular complexity index is 761. The number of fused-ring (bicyclic) bond motifs is 1. The van der Waals surface area contributed by atoms with Crippen LogP contribution in [0.3, 0.4) is 0 Å². The van der Waals surface area contributed by atoms with Crippen molar-refractivity contribution in [1.29, 1.82) is 0 Å². The SMILES string of the molecule is c1ccc(OC[C@H]2CN(c3ncccn3)Cc3cncn32)nc1. The van der Waals surface area contributed by atoms with Crippen LogP contribution in [0.1, 0.15) is 11.7 Å². The number of hydrogen-bond acceptors (Lipinski definition) is 6. The fourth-order valence-corrected chi connectivity index (χ4v) is 2.74. The molecule has 0 saturated carbocycles.